The van der Waals surface area contributed by atoms with Crippen LogP contribution in [0.4, 0.5) is 0 Å². The van der Waals surface area contributed by atoms with E-state index < -0.39 is 0 Å². The Balaban J connectivity index is 2.30. The van der Waals surface area contributed by atoms with Crippen molar-refractivity contribution in [2.24, 2.45) is 0 Å². The van der Waals surface area contributed by atoms with E-state index in [1.165, 1.54) is 17.8 Å². The third-order valence-corrected chi connectivity index (χ3v) is 2.57. The number of hydrogen-bond donors (Lipinski definition) is 1. The molecule has 5 heteroatoms. The molecule has 0 aliphatic rings. The SMILES string of the molecule is CNC(=O)c1cc(C=O)n(Cc2ccccc2)n1. The minimum Gasteiger partial charge on any atom is -0.354 e. The van der Waals surface area contributed by atoms with Gasteiger partial charge in [-0.1, -0.05) is 30.3 Å². The normalized spacial score (nSPS) is 10.1. The second kappa shape index (κ2) is 5.27. The Hall–Kier alpha value is -2.43. The van der Waals surface area contributed by atoms with E-state index in [-0.39, 0.29) is 11.6 Å². The van der Waals surface area contributed by atoms with E-state index in [0.29, 0.717) is 18.5 Å². The Morgan fingerprint density at radius 2 is 2.11 bits per heavy atom. The van der Waals surface area contributed by atoms with Gasteiger partial charge < -0.3 is 5.32 Å². The van der Waals surface area contributed by atoms with E-state index in [4.69, 9.17) is 0 Å². The number of nitrogens with one attached hydrogen (secondary N) is 1. The molecule has 0 bridgehead atoms. The van der Waals surface area contributed by atoms with Crippen molar-refractivity contribution in [2.45, 2.75) is 6.54 Å². The molecule has 0 unspecified atom stereocenters. The first-order valence-corrected chi connectivity index (χ1v) is 5.53. The van der Waals surface area contributed by atoms with Crippen molar-refractivity contribution >= 4 is 12.2 Å². The first kappa shape index (κ1) is 12.0. The summed E-state index contributed by atoms with van der Waals surface area (Å²) in [5.41, 5.74) is 1.65. The smallest absolute Gasteiger partial charge is 0.271 e. The van der Waals surface area contributed by atoms with Crippen LogP contribution in [0.1, 0.15) is 26.5 Å². The van der Waals surface area contributed by atoms with Gasteiger partial charge in [0, 0.05) is 7.05 Å². The van der Waals surface area contributed by atoms with Gasteiger partial charge in [0.2, 0.25) is 0 Å². The van der Waals surface area contributed by atoms with Gasteiger partial charge >= 0.3 is 0 Å². The molecule has 2 rings (SSSR count). The number of amides is 1. The number of hydrogen-bond acceptors (Lipinski definition) is 3. The Morgan fingerprint density at radius 3 is 2.72 bits per heavy atom. The van der Waals surface area contributed by atoms with Crippen molar-refractivity contribution in [2.75, 3.05) is 7.05 Å². The van der Waals surface area contributed by atoms with Crippen LogP contribution in [-0.2, 0) is 6.54 Å². The van der Waals surface area contributed by atoms with Crippen molar-refractivity contribution in [3.8, 4) is 0 Å². The van der Waals surface area contributed by atoms with Crippen molar-refractivity contribution < 1.29 is 9.59 Å². The van der Waals surface area contributed by atoms with Crippen LogP contribution in [0, 0.1) is 0 Å². The summed E-state index contributed by atoms with van der Waals surface area (Å²) in [7, 11) is 1.53. The maximum Gasteiger partial charge on any atom is 0.271 e. The minimum absolute atomic E-state index is 0.246. The van der Waals surface area contributed by atoms with Gasteiger partial charge in [0.15, 0.2) is 12.0 Å². The van der Waals surface area contributed by atoms with Gasteiger partial charge in [-0.15, -0.1) is 0 Å². The molecule has 0 aliphatic carbocycles. The lowest BCUT2D eigenvalue weighted by atomic mass is 10.2. The molecule has 92 valence electrons. The van der Waals surface area contributed by atoms with Gasteiger partial charge in [0.1, 0.15) is 5.69 Å². The molecule has 0 saturated heterocycles. The molecule has 0 atom stereocenters. The third kappa shape index (κ3) is 2.45. The molecule has 0 saturated carbocycles. The zero-order valence-electron chi connectivity index (χ0n) is 9.96. The van der Waals surface area contributed by atoms with Crippen molar-refractivity contribution in [3.63, 3.8) is 0 Å². The fourth-order valence-corrected chi connectivity index (χ4v) is 1.65. The quantitative estimate of drug-likeness (QED) is 0.818. The Morgan fingerprint density at radius 1 is 1.39 bits per heavy atom. The summed E-state index contributed by atoms with van der Waals surface area (Å²) >= 11 is 0. The van der Waals surface area contributed by atoms with Gasteiger partial charge in [-0.3, -0.25) is 14.3 Å². The number of rotatable bonds is 4. The fraction of sp³-hybridized carbons (Fsp3) is 0.154. The second-order valence-electron chi connectivity index (χ2n) is 3.79. The van der Waals surface area contributed by atoms with Crippen LogP contribution in [0.15, 0.2) is 36.4 Å². The van der Waals surface area contributed by atoms with Crippen molar-refractivity contribution in [1.29, 1.82) is 0 Å². The van der Waals surface area contributed by atoms with Gasteiger partial charge in [0.25, 0.3) is 5.91 Å². The molecular weight excluding hydrogens is 230 g/mol. The second-order valence-corrected chi connectivity index (χ2v) is 3.79. The summed E-state index contributed by atoms with van der Waals surface area (Å²) in [6, 6.07) is 11.1. The number of aromatic nitrogens is 2. The Labute approximate surface area is 104 Å². The zero-order chi connectivity index (χ0) is 13.0. The van der Waals surface area contributed by atoms with Crippen LogP contribution in [0.5, 0.6) is 0 Å². The summed E-state index contributed by atoms with van der Waals surface area (Å²) < 4.78 is 1.52. The number of benzene rings is 1. The highest BCUT2D eigenvalue weighted by Gasteiger charge is 2.12. The largest absolute Gasteiger partial charge is 0.354 e. The lowest BCUT2D eigenvalue weighted by Gasteiger charge is -2.03. The van der Waals surface area contributed by atoms with E-state index >= 15 is 0 Å². The zero-order valence-corrected chi connectivity index (χ0v) is 9.96. The molecule has 1 N–H and O–H groups in total. The molecule has 1 aromatic heterocycles. The van der Waals surface area contributed by atoms with Crippen LogP contribution >= 0.6 is 0 Å². The summed E-state index contributed by atoms with van der Waals surface area (Å²) in [5.74, 6) is -0.301. The third-order valence-electron chi connectivity index (χ3n) is 2.57. The first-order chi connectivity index (χ1) is 8.74. The van der Waals surface area contributed by atoms with Gasteiger partial charge in [-0.05, 0) is 11.6 Å². The highest BCUT2D eigenvalue weighted by atomic mass is 16.2. The fourth-order valence-electron chi connectivity index (χ4n) is 1.65. The van der Waals surface area contributed by atoms with Gasteiger partial charge in [-0.25, -0.2) is 0 Å². The molecule has 18 heavy (non-hydrogen) atoms. The molecule has 2 aromatic rings. The van der Waals surface area contributed by atoms with Crippen LogP contribution in [0.2, 0.25) is 0 Å². The highest BCUT2D eigenvalue weighted by molar-refractivity contribution is 5.93. The summed E-state index contributed by atoms with van der Waals surface area (Å²) in [6.45, 7) is 0.464. The van der Waals surface area contributed by atoms with E-state index in [0.717, 1.165) is 5.56 Å². The molecule has 5 nitrogen and oxygen atoms in total. The number of aldehydes is 1. The maximum atomic E-state index is 11.4. The monoisotopic (exact) mass is 243 g/mol. The average molecular weight is 243 g/mol. The first-order valence-electron chi connectivity index (χ1n) is 5.53. The van der Waals surface area contributed by atoms with Gasteiger partial charge in [-0.2, -0.15) is 5.10 Å². The van der Waals surface area contributed by atoms with E-state index in [9.17, 15) is 9.59 Å². The van der Waals surface area contributed by atoms with Crippen LogP contribution in [0.3, 0.4) is 0 Å². The van der Waals surface area contributed by atoms with E-state index in [2.05, 4.69) is 10.4 Å². The predicted octanol–water partition coefficient (Wildman–Crippen LogP) is 1.10. The van der Waals surface area contributed by atoms with Crippen molar-refractivity contribution in [1.82, 2.24) is 15.1 Å². The molecule has 1 heterocycles. The topological polar surface area (TPSA) is 64.0 Å². The number of carbonyl (C=O) groups excluding carboxylic acids is 2. The molecule has 0 aliphatic heterocycles. The number of nitrogens with zero attached hydrogens (tertiary/aromatic N) is 2. The summed E-state index contributed by atoms with van der Waals surface area (Å²) in [5, 5.41) is 6.60. The summed E-state index contributed by atoms with van der Waals surface area (Å²) in [4.78, 5) is 22.4. The van der Waals surface area contributed by atoms with Crippen molar-refractivity contribution in [3.05, 3.63) is 53.3 Å². The lowest BCUT2D eigenvalue weighted by Crippen LogP contribution is -2.18. The highest BCUT2D eigenvalue weighted by Crippen LogP contribution is 2.07. The van der Waals surface area contributed by atoms with Crippen LogP contribution in [0.25, 0.3) is 0 Å². The molecular formula is C13H13N3O2. The molecule has 0 radical (unpaired) electrons. The van der Waals surface area contributed by atoms with E-state index in [1.54, 1.807) is 0 Å². The van der Waals surface area contributed by atoms with Gasteiger partial charge in [0.05, 0.1) is 6.54 Å². The van der Waals surface area contributed by atoms with E-state index in [1.807, 2.05) is 30.3 Å². The lowest BCUT2D eigenvalue weighted by molar-refractivity contribution is 0.0957. The Kier molecular flexibility index (Phi) is 3.52. The maximum absolute atomic E-state index is 11.4. The van der Waals surface area contributed by atoms with Crippen LogP contribution in [-0.4, -0.2) is 29.0 Å². The molecule has 1 aromatic carbocycles. The standard InChI is InChI=1S/C13H13N3O2/c1-14-13(18)12-7-11(9-17)16(15-12)8-10-5-3-2-4-6-10/h2-7,9H,8H2,1H3,(H,14,18). The molecule has 0 spiro atoms. The average Bonchev–Trinajstić information content (AvgIpc) is 2.82. The summed E-state index contributed by atoms with van der Waals surface area (Å²) in [6.07, 6.45) is 0.697. The van der Waals surface area contributed by atoms with Crippen LogP contribution < -0.4 is 5.32 Å². The number of carbonyl (C=O) groups is 2. The Bertz CT molecular complexity index is 561. The minimum atomic E-state index is -0.301. The molecule has 0 fully saturated rings. The predicted molar refractivity (Wildman–Crippen MR) is 66.5 cm³/mol. The molecule has 1 amide bonds.